The molecule has 1 aromatic heterocycles. The SMILES string of the molecule is COC(=O)c1ccc(F)c2occ(C(F)(F)F)c12. The van der Waals surface area contributed by atoms with Crippen LogP contribution in [-0.4, -0.2) is 13.1 Å². The Hall–Kier alpha value is -2.05. The van der Waals surface area contributed by atoms with E-state index in [1.807, 2.05) is 0 Å². The lowest BCUT2D eigenvalue weighted by atomic mass is 10.1. The number of halogens is 4. The van der Waals surface area contributed by atoms with Crippen LogP contribution >= 0.6 is 0 Å². The van der Waals surface area contributed by atoms with Gasteiger partial charge in [0.15, 0.2) is 11.4 Å². The van der Waals surface area contributed by atoms with E-state index in [0.717, 1.165) is 19.2 Å². The van der Waals surface area contributed by atoms with Crippen molar-refractivity contribution in [2.24, 2.45) is 0 Å². The maximum absolute atomic E-state index is 13.3. The van der Waals surface area contributed by atoms with Gasteiger partial charge in [-0.15, -0.1) is 0 Å². The molecule has 3 nitrogen and oxygen atoms in total. The summed E-state index contributed by atoms with van der Waals surface area (Å²) in [5.41, 5.74) is -2.22. The second-order valence-electron chi connectivity index (χ2n) is 3.44. The summed E-state index contributed by atoms with van der Waals surface area (Å²) >= 11 is 0. The number of rotatable bonds is 1. The summed E-state index contributed by atoms with van der Waals surface area (Å²) in [6, 6.07) is 1.77. The normalized spacial score (nSPS) is 11.8. The molecule has 0 fully saturated rings. The highest BCUT2D eigenvalue weighted by Crippen LogP contribution is 2.38. The summed E-state index contributed by atoms with van der Waals surface area (Å²) < 4.78 is 60.3. The van der Waals surface area contributed by atoms with Crippen LogP contribution in [0.2, 0.25) is 0 Å². The first kappa shape index (κ1) is 12.4. The van der Waals surface area contributed by atoms with E-state index in [1.165, 1.54) is 0 Å². The van der Waals surface area contributed by atoms with Crippen LogP contribution in [0, 0.1) is 5.82 Å². The monoisotopic (exact) mass is 262 g/mol. The zero-order valence-electron chi connectivity index (χ0n) is 8.97. The van der Waals surface area contributed by atoms with Gasteiger partial charge < -0.3 is 9.15 Å². The fourth-order valence-electron chi connectivity index (χ4n) is 1.61. The molecule has 2 aromatic rings. The Kier molecular flexibility index (Phi) is 2.76. The van der Waals surface area contributed by atoms with E-state index in [2.05, 4.69) is 9.15 Å². The topological polar surface area (TPSA) is 39.4 Å². The number of hydrogen-bond acceptors (Lipinski definition) is 3. The second-order valence-corrected chi connectivity index (χ2v) is 3.44. The molecule has 7 heteroatoms. The van der Waals surface area contributed by atoms with Crippen LogP contribution in [0.5, 0.6) is 0 Å². The van der Waals surface area contributed by atoms with Gasteiger partial charge in [-0.2, -0.15) is 13.2 Å². The molecule has 0 aliphatic carbocycles. The van der Waals surface area contributed by atoms with Gasteiger partial charge in [0.25, 0.3) is 0 Å². The van der Waals surface area contributed by atoms with Gasteiger partial charge in [0.1, 0.15) is 11.8 Å². The highest BCUT2D eigenvalue weighted by Gasteiger charge is 2.37. The number of methoxy groups -OCH3 is 1. The number of carbonyl (C=O) groups is 1. The molecule has 0 saturated heterocycles. The van der Waals surface area contributed by atoms with Crippen LogP contribution in [0.15, 0.2) is 22.8 Å². The van der Waals surface area contributed by atoms with Crippen LogP contribution in [0.3, 0.4) is 0 Å². The Morgan fingerprint density at radius 1 is 1.33 bits per heavy atom. The molecule has 1 aromatic carbocycles. The zero-order valence-corrected chi connectivity index (χ0v) is 8.97. The zero-order chi connectivity index (χ0) is 13.5. The molecule has 0 bridgehead atoms. The highest BCUT2D eigenvalue weighted by atomic mass is 19.4. The average Bonchev–Trinajstić information content (AvgIpc) is 2.73. The minimum atomic E-state index is -4.75. The van der Waals surface area contributed by atoms with Crippen molar-refractivity contribution < 1.29 is 31.5 Å². The molecular formula is C11H6F4O3. The van der Waals surface area contributed by atoms with Crippen molar-refractivity contribution in [3.63, 3.8) is 0 Å². The lowest BCUT2D eigenvalue weighted by Crippen LogP contribution is -2.08. The largest absolute Gasteiger partial charge is 0.465 e. The molecule has 0 atom stereocenters. The number of ether oxygens (including phenoxy) is 1. The Morgan fingerprint density at radius 2 is 2.00 bits per heavy atom. The number of esters is 1. The van der Waals surface area contributed by atoms with Crippen LogP contribution in [0.1, 0.15) is 15.9 Å². The number of benzene rings is 1. The molecule has 0 amide bonds. The maximum Gasteiger partial charge on any atom is 0.420 e. The van der Waals surface area contributed by atoms with E-state index < -0.39 is 40.1 Å². The van der Waals surface area contributed by atoms with Crippen molar-refractivity contribution in [2.45, 2.75) is 6.18 Å². The number of alkyl halides is 3. The van der Waals surface area contributed by atoms with E-state index in [4.69, 9.17) is 0 Å². The minimum absolute atomic E-state index is 0.375. The maximum atomic E-state index is 13.3. The average molecular weight is 262 g/mol. The van der Waals surface area contributed by atoms with Crippen LogP contribution in [0.25, 0.3) is 11.0 Å². The van der Waals surface area contributed by atoms with Gasteiger partial charge >= 0.3 is 12.1 Å². The number of hydrogen-bond donors (Lipinski definition) is 0. The molecule has 0 radical (unpaired) electrons. The Balaban J connectivity index is 2.84. The molecule has 18 heavy (non-hydrogen) atoms. The molecule has 96 valence electrons. The minimum Gasteiger partial charge on any atom is -0.465 e. The van der Waals surface area contributed by atoms with Crippen LogP contribution in [0.4, 0.5) is 17.6 Å². The van der Waals surface area contributed by atoms with Gasteiger partial charge in [0.2, 0.25) is 0 Å². The molecule has 0 aliphatic rings. The molecule has 0 N–H and O–H groups in total. The van der Waals surface area contributed by atoms with Crippen molar-refractivity contribution >= 4 is 16.9 Å². The molecular weight excluding hydrogens is 256 g/mol. The van der Waals surface area contributed by atoms with E-state index in [0.29, 0.717) is 6.26 Å². The summed E-state index contributed by atoms with van der Waals surface area (Å²) in [4.78, 5) is 11.4. The van der Waals surface area contributed by atoms with Crippen molar-refractivity contribution in [3.05, 3.63) is 35.3 Å². The van der Waals surface area contributed by atoms with Crippen LogP contribution < -0.4 is 0 Å². The number of furan rings is 1. The fourth-order valence-corrected chi connectivity index (χ4v) is 1.61. The quantitative estimate of drug-likeness (QED) is 0.584. The van der Waals surface area contributed by atoms with Gasteiger partial charge in [-0.05, 0) is 12.1 Å². The molecule has 0 saturated carbocycles. The first-order valence-corrected chi connectivity index (χ1v) is 4.71. The van der Waals surface area contributed by atoms with E-state index >= 15 is 0 Å². The lowest BCUT2D eigenvalue weighted by molar-refractivity contribution is -0.136. The predicted octanol–water partition coefficient (Wildman–Crippen LogP) is 3.38. The number of carbonyl (C=O) groups excluding carboxylic acids is 1. The Bertz CT molecular complexity index is 613. The van der Waals surface area contributed by atoms with E-state index in [9.17, 15) is 22.4 Å². The molecule has 0 spiro atoms. The third kappa shape index (κ3) is 1.81. The van der Waals surface area contributed by atoms with Gasteiger partial charge in [0, 0.05) is 0 Å². The molecule has 1 heterocycles. The van der Waals surface area contributed by atoms with Gasteiger partial charge in [-0.1, -0.05) is 0 Å². The number of fused-ring (bicyclic) bond motifs is 1. The van der Waals surface area contributed by atoms with Crippen LogP contribution in [-0.2, 0) is 10.9 Å². The fraction of sp³-hybridized carbons (Fsp3) is 0.182. The van der Waals surface area contributed by atoms with Gasteiger partial charge in [-0.3, -0.25) is 0 Å². The standard InChI is InChI=1S/C11H6F4O3/c1-17-10(16)5-2-3-7(12)9-8(5)6(4-18-9)11(13,14)15/h2-4H,1H3. The lowest BCUT2D eigenvalue weighted by Gasteiger charge is -2.06. The van der Waals surface area contributed by atoms with E-state index in [1.54, 1.807) is 0 Å². The summed E-state index contributed by atoms with van der Waals surface area (Å²) in [6.07, 6.45) is -4.37. The Labute approximate surface area is 97.9 Å². The first-order valence-electron chi connectivity index (χ1n) is 4.71. The summed E-state index contributed by atoms with van der Waals surface area (Å²) in [6.45, 7) is 0. The first-order chi connectivity index (χ1) is 8.36. The predicted molar refractivity (Wildman–Crippen MR) is 52.5 cm³/mol. The van der Waals surface area contributed by atoms with Gasteiger partial charge in [-0.25, -0.2) is 9.18 Å². The smallest absolute Gasteiger partial charge is 0.420 e. The molecule has 0 aliphatic heterocycles. The third-order valence-corrected chi connectivity index (χ3v) is 2.38. The van der Waals surface area contributed by atoms with Crippen molar-refractivity contribution in [1.82, 2.24) is 0 Å². The highest BCUT2D eigenvalue weighted by molar-refractivity contribution is 6.04. The second kappa shape index (κ2) is 4.01. The Morgan fingerprint density at radius 3 is 2.56 bits per heavy atom. The summed E-state index contributed by atoms with van der Waals surface area (Å²) in [5.74, 6) is -1.97. The van der Waals surface area contributed by atoms with Gasteiger partial charge in [0.05, 0.1) is 18.1 Å². The van der Waals surface area contributed by atoms with E-state index in [-0.39, 0.29) is 0 Å². The summed E-state index contributed by atoms with van der Waals surface area (Å²) in [5, 5.41) is -0.630. The van der Waals surface area contributed by atoms with Crippen molar-refractivity contribution in [3.8, 4) is 0 Å². The molecule has 0 unspecified atom stereocenters. The van der Waals surface area contributed by atoms with Crippen molar-refractivity contribution in [2.75, 3.05) is 7.11 Å². The third-order valence-electron chi connectivity index (χ3n) is 2.38. The van der Waals surface area contributed by atoms with Crippen molar-refractivity contribution in [1.29, 1.82) is 0 Å². The molecule has 2 rings (SSSR count). The summed E-state index contributed by atoms with van der Waals surface area (Å²) in [7, 11) is 1.02.